The van der Waals surface area contributed by atoms with Gasteiger partial charge >= 0.3 is 0 Å². The summed E-state index contributed by atoms with van der Waals surface area (Å²) in [6, 6.07) is 14.0. The van der Waals surface area contributed by atoms with Crippen molar-refractivity contribution in [2.24, 2.45) is 5.10 Å². The molecule has 27 heavy (non-hydrogen) atoms. The average Bonchev–Trinajstić information content (AvgIpc) is 2.89. The highest BCUT2D eigenvalue weighted by Gasteiger charge is 2.12. The lowest BCUT2D eigenvalue weighted by molar-refractivity contribution is 0.0955. The first-order valence-corrected chi connectivity index (χ1v) is 9.23. The zero-order valence-electron chi connectivity index (χ0n) is 14.6. The van der Waals surface area contributed by atoms with Crippen LogP contribution in [0.1, 0.15) is 27.3 Å². The molecule has 3 aromatic rings. The fourth-order valence-electron chi connectivity index (χ4n) is 2.81. The van der Waals surface area contributed by atoms with Crippen molar-refractivity contribution in [3.63, 3.8) is 0 Å². The van der Waals surface area contributed by atoms with Crippen LogP contribution in [0.5, 0.6) is 0 Å². The van der Waals surface area contributed by atoms with E-state index >= 15 is 0 Å². The number of nitrogens with zero attached hydrogens (tertiary/aromatic N) is 2. The lowest BCUT2D eigenvalue weighted by Gasteiger charge is -2.11. The summed E-state index contributed by atoms with van der Waals surface area (Å²) in [4.78, 5) is 12.1. The topological polar surface area (TPSA) is 46.4 Å². The largest absolute Gasteiger partial charge is 0.316 e. The molecule has 0 aliphatic heterocycles. The van der Waals surface area contributed by atoms with Gasteiger partial charge < -0.3 is 4.57 Å². The maximum Gasteiger partial charge on any atom is 0.271 e. The van der Waals surface area contributed by atoms with Gasteiger partial charge in [0.15, 0.2) is 0 Å². The van der Waals surface area contributed by atoms with Crippen molar-refractivity contribution in [1.82, 2.24) is 9.99 Å². The Kier molecular flexibility index (Phi) is 5.90. The molecule has 2 aromatic carbocycles. The van der Waals surface area contributed by atoms with Gasteiger partial charge in [0.25, 0.3) is 5.91 Å². The number of amides is 1. The summed E-state index contributed by atoms with van der Waals surface area (Å²) in [5.41, 5.74) is 6.58. The van der Waals surface area contributed by atoms with Crippen molar-refractivity contribution < 1.29 is 4.79 Å². The molecular formula is C20H16Cl3N3O. The van der Waals surface area contributed by atoms with Crippen LogP contribution in [0.15, 0.2) is 53.6 Å². The van der Waals surface area contributed by atoms with Crippen LogP contribution in [0, 0.1) is 13.8 Å². The van der Waals surface area contributed by atoms with Crippen LogP contribution < -0.4 is 5.43 Å². The Morgan fingerprint density at radius 1 is 1.04 bits per heavy atom. The Bertz CT molecular complexity index is 1040. The molecule has 0 atom stereocenters. The molecule has 0 aliphatic rings. The normalized spacial score (nSPS) is 11.1. The highest BCUT2D eigenvalue weighted by Crippen LogP contribution is 2.28. The van der Waals surface area contributed by atoms with Gasteiger partial charge in [0.1, 0.15) is 0 Å². The maximum absolute atomic E-state index is 12.1. The first kappa shape index (κ1) is 19.5. The SMILES string of the molecule is Cc1cc(/C=N\NC(=O)c2cccc(Cl)c2)c(C)n1-c1ccc(Cl)cc1Cl. The van der Waals surface area contributed by atoms with Crippen LogP contribution >= 0.6 is 34.8 Å². The number of carbonyl (C=O) groups excluding carboxylic acids is 1. The zero-order chi connectivity index (χ0) is 19.6. The summed E-state index contributed by atoms with van der Waals surface area (Å²) in [6.45, 7) is 3.93. The van der Waals surface area contributed by atoms with Crippen LogP contribution in [-0.4, -0.2) is 16.7 Å². The van der Waals surface area contributed by atoms with Crippen LogP contribution in [0.3, 0.4) is 0 Å². The molecular weight excluding hydrogens is 405 g/mol. The molecule has 1 amide bonds. The van der Waals surface area contributed by atoms with Gasteiger partial charge in [0.05, 0.1) is 16.9 Å². The molecule has 7 heteroatoms. The zero-order valence-corrected chi connectivity index (χ0v) is 16.9. The minimum Gasteiger partial charge on any atom is -0.316 e. The van der Waals surface area contributed by atoms with E-state index in [-0.39, 0.29) is 5.91 Å². The molecule has 0 saturated carbocycles. The predicted molar refractivity (Wildman–Crippen MR) is 112 cm³/mol. The predicted octanol–water partition coefficient (Wildman–Crippen LogP) is 5.82. The van der Waals surface area contributed by atoms with Crippen LogP contribution in [0.4, 0.5) is 0 Å². The van der Waals surface area contributed by atoms with Crippen LogP contribution in [0.2, 0.25) is 15.1 Å². The summed E-state index contributed by atoms with van der Waals surface area (Å²) >= 11 is 18.2. The second kappa shape index (κ2) is 8.17. The highest BCUT2D eigenvalue weighted by atomic mass is 35.5. The number of rotatable bonds is 4. The maximum atomic E-state index is 12.1. The van der Waals surface area contributed by atoms with E-state index in [1.807, 2.05) is 30.5 Å². The van der Waals surface area contributed by atoms with Gasteiger partial charge in [-0.25, -0.2) is 5.43 Å². The third-order valence-corrected chi connectivity index (χ3v) is 4.85. The van der Waals surface area contributed by atoms with Crippen molar-refractivity contribution >= 4 is 46.9 Å². The summed E-state index contributed by atoms with van der Waals surface area (Å²) in [6.07, 6.45) is 1.60. The first-order valence-electron chi connectivity index (χ1n) is 8.10. The summed E-state index contributed by atoms with van der Waals surface area (Å²) in [7, 11) is 0. The summed E-state index contributed by atoms with van der Waals surface area (Å²) in [5, 5.41) is 5.69. The Morgan fingerprint density at radius 2 is 1.78 bits per heavy atom. The van der Waals surface area contributed by atoms with Gasteiger partial charge in [-0.3, -0.25) is 4.79 Å². The Labute approximate surface area is 172 Å². The second-order valence-electron chi connectivity index (χ2n) is 5.97. The van der Waals surface area contributed by atoms with Crippen molar-refractivity contribution in [3.05, 3.63) is 86.1 Å². The molecule has 1 heterocycles. The van der Waals surface area contributed by atoms with Crippen LogP contribution in [-0.2, 0) is 0 Å². The van der Waals surface area contributed by atoms with E-state index in [1.54, 1.807) is 42.6 Å². The van der Waals surface area contributed by atoms with E-state index in [4.69, 9.17) is 34.8 Å². The van der Waals surface area contributed by atoms with E-state index in [0.717, 1.165) is 22.6 Å². The lowest BCUT2D eigenvalue weighted by Crippen LogP contribution is -2.17. The van der Waals surface area contributed by atoms with Crippen molar-refractivity contribution in [1.29, 1.82) is 0 Å². The molecule has 1 aromatic heterocycles. The Balaban J connectivity index is 1.82. The molecule has 0 spiro atoms. The van der Waals surface area contributed by atoms with Gasteiger partial charge in [-0.15, -0.1) is 0 Å². The Morgan fingerprint density at radius 3 is 2.48 bits per heavy atom. The quantitative estimate of drug-likeness (QED) is 0.419. The standard InChI is InChI=1S/C20H16Cl3N3O/c1-12-8-15(11-24-25-20(27)14-4-3-5-16(21)9-14)13(2)26(12)19-7-6-17(22)10-18(19)23/h3-11H,1-2H3,(H,25,27)/b24-11-. The summed E-state index contributed by atoms with van der Waals surface area (Å²) < 4.78 is 2.01. The summed E-state index contributed by atoms with van der Waals surface area (Å²) in [5.74, 6) is -0.330. The second-order valence-corrected chi connectivity index (χ2v) is 7.25. The van der Waals surface area contributed by atoms with Gasteiger partial charge in [-0.2, -0.15) is 5.10 Å². The number of nitrogens with one attached hydrogen (secondary N) is 1. The first-order chi connectivity index (χ1) is 12.9. The lowest BCUT2D eigenvalue weighted by atomic mass is 10.2. The van der Waals surface area contributed by atoms with Crippen LogP contribution in [0.25, 0.3) is 5.69 Å². The fourth-order valence-corrected chi connectivity index (χ4v) is 3.49. The van der Waals surface area contributed by atoms with Crippen molar-refractivity contribution in [3.8, 4) is 5.69 Å². The van der Waals surface area contributed by atoms with Gasteiger partial charge in [0, 0.05) is 32.6 Å². The van der Waals surface area contributed by atoms with Gasteiger partial charge in [-0.1, -0.05) is 40.9 Å². The number of hydrogen-bond acceptors (Lipinski definition) is 2. The molecule has 138 valence electrons. The fraction of sp³-hybridized carbons (Fsp3) is 0.100. The van der Waals surface area contributed by atoms with Gasteiger partial charge in [-0.05, 0) is 56.3 Å². The molecule has 0 aliphatic carbocycles. The number of carbonyl (C=O) groups is 1. The third kappa shape index (κ3) is 4.35. The molecule has 4 nitrogen and oxygen atoms in total. The molecule has 1 N–H and O–H groups in total. The van der Waals surface area contributed by atoms with E-state index in [9.17, 15) is 4.79 Å². The number of halogens is 3. The number of hydrogen-bond donors (Lipinski definition) is 1. The van der Waals surface area contributed by atoms with E-state index in [2.05, 4.69) is 10.5 Å². The smallest absolute Gasteiger partial charge is 0.271 e. The number of aromatic nitrogens is 1. The Hall–Kier alpha value is -2.27. The highest BCUT2D eigenvalue weighted by molar-refractivity contribution is 6.35. The minimum atomic E-state index is -0.330. The molecule has 3 rings (SSSR count). The van der Waals surface area contributed by atoms with Crippen molar-refractivity contribution in [2.75, 3.05) is 0 Å². The van der Waals surface area contributed by atoms with E-state index in [1.165, 1.54) is 0 Å². The third-order valence-electron chi connectivity index (χ3n) is 4.08. The monoisotopic (exact) mass is 419 g/mol. The minimum absolute atomic E-state index is 0.330. The molecule has 0 fully saturated rings. The molecule has 0 unspecified atom stereocenters. The average molecular weight is 421 g/mol. The van der Waals surface area contributed by atoms with Gasteiger partial charge in [0.2, 0.25) is 0 Å². The number of aryl methyl sites for hydroxylation is 1. The number of benzene rings is 2. The van der Waals surface area contributed by atoms with E-state index < -0.39 is 0 Å². The number of hydrazone groups is 1. The molecule has 0 bridgehead atoms. The van der Waals surface area contributed by atoms with Crippen molar-refractivity contribution in [2.45, 2.75) is 13.8 Å². The van der Waals surface area contributed by atoms with E-state index in [0.29, 0.717) is 20.6 Å². The molecule has 0 radical (unpaired) electrons. The molecule has 0 saturated heterocycles.